The van der Waals surface area contributed by atoms with Crippen LogP contribution in [0.1, 0.15) is 55.1 Å². The highest BCUT2D eigenvalue weighted by atomic mass is 19.1. The van der Waals surface area contributed by atoms with Crippen LogP contribution in [0.5, 0.6) is 5.75 Å². The zero-order chi connectivity index (χ0) is 37.8. The molecule has 0 spiro atoms. The predicted molar refractivity (Wildman–Crippen MR) is 197 cm³/mol. The third-order valence-corrected chi connectivity index (χ3v) is 8.78. The number of aryl methyl sites for hydroxylation is 1. The molecule has 0 bridgehead atoms. The van der Waals surface area contributed by atoms with Crippen LogP contribution in [-0.4, -0.2) is 71.8 Å². The Bertz CT molecular complexity index is 1920. The fourth-order valence-electron chi connectivity index (χ4n) is 5.55. The molecular weight excluding hydrogens is 656 g/mol. The minimum absolute atomic E-state index is 0.0169. The predicted octanol–water partition coefficient (Wildman–Crippen LogP) is 5.28. The minimum atomic E-state index is -0.741. The minimum Gasteiger partial charge on any atom is -0.494 e. The van der Waals surface area contributed by atoms with Crippen molar-refractivity contribution in [3.63, 3.8) is 0 Å². The molecule has 51 heavy (non-hydrogen) atoms. The number of rotatable bonds is 13. The van der Waals surface area contributed by atoms with Crippen LogP contribution < -0.4 is 21.7 Å². The lowest BCUT2D eigenvalue weighted by Gasteiger charge is -2.29. The number of likely N-dealkylation sites (N-methyl/N-ethyl adjacent to an activating group) is 1. The second-order valence-corrected chi connectivity index (χ2v) is 12.5. The van der Waals surface area contributed by atoms with E-state index < -0.39 is 28.9 Å². The first-order chi connectivity index (χ1) is 24.2. The summed E-state index contributed by atoms with van der Waals surface area (Å²) in [5.41, 5.74) is 5.89. The van der Waals surface area contributed by atoms with E-state index in [2.05, 4.69) is 0 Å². The van der Waals surface area contributed by atoms with E-state index in [0.717, 1.165) is 16.0 Å². The van der Waals surface area contributed by atoms with Crippen molar-refractivity contribution in [2.75, 3.05) is 41.4 Å². The number of aromatic nitrogens is 2. The van der Waals surface area contributed by atoms with Crippen LogP contribution in [-0.2, 0) is 22.6 Å². The molecule has 0 amide bonds. The van der Waals surface area contributed by atoms with E-state index in [1.165, 1.54) is 29.9 Å². The van der Waals surface area contributed by atoms with Crippen LogP contribution in [0.4, 0.5) is 8.78 Å². The van der Waals surface area contributed by atoms with Gasteiger partial charge in [-0.05, 0) is 64.0 Å². The van der Waals surface area contributed by atoms with E-state index in [0.29, 0.717) is 30.7 Å². The van der Waals surface area contributed by atoms with E-state index in [1.807, 2.05) is 67.9 Å². The lowest BCUT2D eigenvalue weighted by Crippen LogP contribution is -2.45. The van der Waals surface area contributed by atoms with Gasteiger partial charge in [0.2, 0.25) is 5.84 Å². The van der Waals surface area contributed by atoms with Gasteiger partial charge in [-0.2, -0.15) is 0 Å². The van der Waals surface area contributed by atoms with Gasteiger partial charge in [0.25, 0.3) is 5.56 Å². The summed E-state index contributed by atoms with van der Waals surface area (Å²) in [6.07, 6.45) is 0.719. The number of amidine groups is 1. The van der Waals surface area contributed by atoms with E-state index in [4.69, 9.17) is 15.2 Å². The first kappa shape index (κ1) is 40.3. The molecule has 10 nitrogen and oxygen atoms in total. The van der Waals surface area contributed by atoms with Crippen molar-refractivity contribution < 1.29 is 27.6 Å². The molecular formula is C39H50F2N5O5+. The highest BCUT2D eigenvalue weighted by molar-refractivity contribution is 5.72. The number of hydrogen-bond acceptors (Lipinski definition) is 6. The van der Waals surface area contributed by atoms with Crippen LogP contribution in [0.3, 0.4) is 0 Å². The molecule has 0 aliphatic rings. The fourth-order valence-corrected chi connectivity index (χ4v) is 5.55. The highest BCUT2D eigenvalue weighted by Crippen LogP contribution is 2.30. The van der Waals surface area contributed by atoms with Gasteiger partial charge in [-0.25, -0.2) is 13.6 Å². The molecule has 4 aromatic rings. The maximum absolute atomic E-state index is 15.7. The molecule has 3 aromatic carbocycles. The summed E-state index contributed by atoms with van der Waals surface area (Å²) in [6, 6.07) is 18.1. The Morgan fingerprint density at radius 2 is 1.63 bits per heavy atom. The summed E-state index contributed by atoms with van der Waals surface area (Å²) >= 11 is 0. The highest BCUT2D eigenvalue weighted by Gasteiger charge is 2.26. The average Bonchev–Trinajstić information content (AvgIpc) is 3.09. The van der Waals surface area contributed by atoms with Gasteiger partial charge in [-0.3, -0.25) is 33.9 Å². The average molecular weight is 707 g/mol. The Labute approximate surface area is 298 Å². The van der Waals surface area contributed by atoms with E-state index >= 15 is 8.78 Å². The summed E-state index contributed by atoms with van der Waals surface area (Å²) in [7, 11) is 7.01. The lowest BCUT2D eigenvalue weighted by atomic mass is 10.0. The summed E-state index contributed by atoms with van der Waals surface area (Å²) in [5, 5.41) is 0. The zero-order valence-electron chi connectivity index (χ0n) is 30.8. The Morgan fingerprint density at radius 3 is 2.22 bits per heavy atom. The van der Waals surface area contributed by atoms with Crippen molar-refractivity contribution in [3.05, 3.63) is 122 Å². The van der Waals surface area contributed by atoms with Crippen molar-refractivity contribution in [2.24, 2.45) is 5.73 Å². The van der Waals surface area contributed by atoms with E-state index in [1.54, 1.807) is 39.0 Å². The quantitative estimate of drug-likeness (QED) is 0.0872. The van der Waals surface area contributed by atoms with Gasteiger partial charge in [0, 0.05) is 30.2 Å². The number of esters is 1. The van der Waals surface area contributed by atoms with Crippen molar-refractivity contribution in [2.45, 2.75) is 59.7 Å². The molecule has 274 valence electrons. The number of methoxy groups -OCH3 is 1. The standard InChI is InChI=1S/C35H39F2N3O5.C4H10N2/c1-6-45-31(41)19-12-20-38(4)29(25-14-8-7-9-15-25)22-40-34(42)32(26-16-11-18-30(44-5)33(26)37)24(3)39(35(40)43)21-27-23(2)13-10-17-28(27)36;1-4(5)6(2)3/h7-11,13-18,29H,6,12,19-22H2,1-5H3;5H,1-3H3/p+1/t29-;/m0./s1. The van der Waals surface area contributed by atoms with Crippen molar-refractivity contribution in [1.82, 2.24) is 14.0 Å². The number of carbonyl (C=O) groups excluding carboxylic acids is 1. The van der Waals surface area contributed by atoms with E-state index in [-0.39, 0.29) is 48.0 Å². The number of carbonyl (C=O) groups is 1. The number of nitrogens with two attached hydrogens (primary N) is 1. The van der Waals surface area contributed by atoms with Crippen molar-refractivity contribution in [1.29, 1.82) is 0 Å². The molecule has 1 heterocycles. The monoisotopic (exact) mass is 706 g/mol. The number of ether oxygens (including phenoxy) is 2. The molecule has 1 aromatic heterocycles. The number of nitrogens with zero attached hydrogens (tertiary/aromatic N) is 4. The fraction of sp³-hybridized carbons (Fsp3) is 0.385. The van der Waals surface area contributed by atoms with Gasteiger partial charge < -0.3 is 9.47 Å². The molecule has 12 heteroatoms. The second kappa shape index (κ2) is 18.8. The normalized spacial score (nSPS) is 11.4. The van der Waals surface area contributed by atoms with Gasteiger partial charge >= 0.3 is 11.7 Å². The molecule has 0 aliphatic heterocycles. The Hall–Kier alpha value is -5.10. The number of halogens is 2. The van der Waals surface area contributed by atoms with Crippen molar-refractivity contribution >= 4 is 11.8 Å². The van der Waals surface area contributed by atoms with Crippen LogP contribution >= 0.6 is 0 Å². The molecule has 0 unspecified atom stereocenters. The summed E-state index contributed by atoms with van der Waals surface area (Å²) in [5.74, 6) is -0.737. The smallest absolute Gasteiger partial charge is 0.331 e. The lowest BCUT2D eigenvalue weighted by molar-refractivity contribution is -0.465. The van der Waals surface area contributed by atoms with Gasteiger partial charge in [0.1, 0.15) is 5.82 Å². The Morgan fingerprint density at radius 1 is 0.980 bits per heavy atom. The number of benzene rings is 3. The van der Waals surface area contributed by atoms with Crippen LogP contribution in [0.25, 0.3) is 11.1 Å². The van der Waals surface area contributed by atoms with E-state index in [9.17, 15) is 14.4 Å². The summed E-state index contributed by atoms with van der Waals surface area (Å²) < 4.78 is 45.2. The topological polar surface area (TPSA) is 112 Å². The second-order valence-electron chi connectivity index (χ2n) is 12.5. The summed E-state index contributed by atoms with van der Waals surface area (Å²) in [4.78, 5) is 42.4. The van der Waals surface area contributed by atoms with Gasteiger partial charge in [0.15, 0.2) is 11.6 Å². The van der Waals surface area contributed by atoms with Gasteiger partial charge in [0.05, 0.1) is 52.5 Å². The number of hydrogen-bond donors (Lipinski definition) is 1. The van der Waals surface area contributed by atoms with Crippen LogP contribution in [0.2, 0.25) is 0 Å². The first-order valence-corrected chi connectivity index (χ1v) is 16.8. The van der Waals surface area contributed by atoms with Crippen molar-refractivity contribution in [3.8, 4) is 16.9 Å². The zero-order valence-corrected chi connectivity index (χ0v) is 30.8. The molecule has 4 rings (SSSR count). The molecule has 0 aliphatic carbocycles. The largest absolute Gasteiger partial charge is 0.494 e. The molecule has 1 atom stereocenters. The Balaban J connectivity index is 0.00000107. The maximum atomic E-state index is 15.7. The van der Waals surface area contributed by atoms with Gasteiger partial charge in [-0.15, -0.1) is 0 Å². The molecule has 0 radical (unpaired) electrons. The third kappa shape index (κ3) is 10.2. The molecule has 0 saturated heterocycles. The molecule has 2 N–H and O–H groups in total. The molecule has 0 saturated carbocycles. The Kier molecular flexibility index (Phi) is 14.8. The molecule has 0 fully saturated rings. The first-order valence-electron chi connectivity index (χ1n) is 16.8. The van der Waals surface area contributed by atoms with Crippen LogP contribution in [0, 0.1) is 25.5 Å². The SMILES string of the molecule is CC(N)=[N+](C)C.CCOC(=O)CCCN(C)[C@@H](Cn1c(=O)c(-c2cccc(OC)c2F)c(C)n(Cc2c(C)cccc2F)c1=O)c1ccccc1. The summed E-state index contributed by atoms with van der Waals surface area (Å²) in [6.45, 7) is 7.45. The third-order valence-electron chi connectivity index (χ3n) is 8.78. The maximum Gasteiger partial charge on any atom is 0.331 e. The van der Waals surface area contributed by atoms with Crippen LogP contribution in [0.15, 0.2) is 76.3 Å². The van der Waals surface area contributed by atoms with Gasteiger partial charge in [-0.1, -0.05) is 54.6 Å².